The summed E-state index contributed by atoms with van der Waals surface area (Å²) in [6.45, 7) is 0. The summed E-state index contributed by atoms with van der Waals surface area (Å²) in [5.74, 6) is -0.264. The van der Waals surface area contributed by atoms with Crippen LogP contribution >= 0.6 is 0 Å². The lowest BCUT2D eigenvalue weighted by Crippen LogP contribution is -2.00. The van der Waals surface area contributed by atoms with Crippen LogP contribution in [-0.4, -0.2) is 10.9 Å². The molecule has 0 saturated carbocycles. The van der Waals surface area contributed by atoms with Crippen molar-refractivity contribution in [2.24, 2.45) is 0 Å². The fraction of sp³-hybridized carbons (Fsp3) is 0. The van der Waals surface area contributed by atoms with E-state index in [0.717, 1.165) is 0 Å². The lowest BCUT2D eigenvalue weighted by atomic mass is 10.0. The summed E-state index contributed by atoms with van der Waals surface area (Å²) in [5.41, 5.74) is 1.66. The van der Waals surface area contributed by atoms with Crippen LogP contribution < -0.4 is 0 Å². The first-order valence-electron chi connectivity index (χ1n) is 5.57. The van der Waals surface area contributed by atoms with Crippen LogP contribution in [-0.2, 0) is 0 Å². The SMILES string of the molecule is O=C(c1ccccc1)c1cccc2oc(O)cc12. The van der Waals surface area contributed by atoms with E-state index in [-0.39, 0.29) is 11.7 Å². The van der Waals surface area contributed by atoms with Gasteiger partial charge in [-0.2, -0.15) is 0 Å². The highest BCUT2D eigenvalue weighted by Gasteiger charge is 2.14. The summed E-state index contributed by atoms with van der Waals surface area (Å²) >= 11 is 0. The van der Waals surface area contributed by atoms with Crippen molar-refractivity contribution < 1.29 is 14.3 Å². The second-order valence-electron chi connectivity index (χ2n) is 4.00. The molecule has 0 radical (unpaired) electrons. The van der Waals surface area contributed by atoms with E-state index in [9.17, 15) is 9.90 Å². The van der Waals surface area contributed by atoms with Gasteiger partial charge in [-0.3, -0.25) is 4.79 Å². The molecule has 1 aromatic heterocycles. The average Bonchev–Trinajstić information content (AvgIpc) is 2.79. The number of benzene rings is 2. The molecule has 18 heavy (non-hydrogen) atoms. The number of hydrogen-bond acceptors (Lipinski definition) is 3. The minimum atomic E-state index is -0.182. The van der Waals surface area contributed by atoms with E-state index >= 15 is 0 Å². The van der Waals surface area contributed by atoms with E-state index in [4.69, 9.17) is 4.42 Å². The van der Waals surface area contributed by atoms with Crippen LogP contribution in [0.15, 0.2) is 59.0 Å². The summed E-state index contributed by atoms with van der Waals surface area (Å²) in [6, 6.07) is 15.7. The molecular weight excluding hydrogens is 228 g/mol. The van der Waals surface area contributed by atoms with Crippen molar-refractivity contribution in [3.8, 4) is 5.95 Å². The monoisotopic (exact) mass is 238 g/mol. The predicted octanol–water partition coefficient (Wildman–Crippen LogP) is 3.37. The largest absolute Gasteiger partial charge is 0.481 e. The first-order chi connectivity index (χ1) is 8.75. The topological polar surface area (TPSA) is 50.4 Å². The van der Waals surface area contributed by atoms with Gasteiger partial charge in [0.15, 0.2) is 5.78 Å². The highest BCUT2D eigenvalue weighted by atomic mass is 16.5. The third kappa shape index (κ3) is 1.66. The average molecular weight is 238 g/mol. The van der Waals surface area contributed by atoms with E-state index in [2.05, 4.69) is 0 Å². The maximum Gasteiger partial charge on any atom is 0.282 e. The van der Waals surface area contributed by atoms with E-state index in [1.54, 1.807) is 30.3 Å². The van der Waals surface area contributed by atoms with Gasteiger partial charge in [0.05, 0.1) is 0 Å². The molecule has 3 rings (SSSR count). The smallest absolute Gasteiger partial charge is 0.282 e. The highest BCUT2D eigenvalue weighted by molar-refractivity contribution is 6.16. The quantitative estimate of drug-likeness (QED) is 0.696. The van der Waals surface area contributed by atoms with Crippen LogP contribution in [0, 0.1) is 0 Å². The highest BCUT2D eigenvalue weighted by Crippen LogP contribution is 2.28. The van der Waals surface area contributed by atoms with E-state index in [1.165, 1.54) is 6.07 Å². The summed E-state index contributed by atoms with van der Waals surface area (Å²) in [4.78, 5) is 12.3. The summed E-state index contributed by atoms with van der Waals surface area (Å²) < 4.78 is 5.10. The number of rotatable bonds is 2. The number of hydrogen-bond donors (Lipinski definition) is 1. The minimum absolute atomic E-state index is 0.0815. The van der Waals surface area contributed by atoms with Gasteiger partial charge in [-0.15, -0.1) is 0 Å². The fourth-order valence-corrected chi connectivity index (χ4v) is 1.99. The van der Waals surface area contributed by atoms with Crippen molar-refractivity contribution >= 4 is 16.8 Å². The van der Waals surface area contributed by atoms with Gasteiger partial charge in [-0.1, -0.05) is 42.5 Å². The third-order valence-electron chi connectivity index (χ3n) is 2.83. The molecule has 0 aliphatic rings. The summed E-state index contributed by atoms with van der Waals surface area (Å²) in [7, 11) is 0. The van der Waals surface area contributed by atoms with Crippen LogP contribution in [0.4, 0.5) is 0 Å². The van der Waals surface area contributed by atoms with Crippen molar-refractivity contribution in [3.05, 3.63) is 65.7 Å². The lowest BCUT2D eigenvalue weighted by molar-refractivity contribution is 0.104. The summed E-state index contributed by atoms with van der Waals surface area (Å²) in [5, 5.41) is 9.98. The van der Waals surface area contributed by atoms with Crippen molar-refractivity contribution in [3.63, 3.8) is 0 Å². The Kier molecular flexibility index (Phi) is 2.38. The molecule has 3 heteroatoms. The zero-order valence-corrected chi connectivity index (χ0v) is 9.46. The van der Waals surface area contributed by atoms with Crippen molar-refractivity contribution in [2.75, 3.05) is 0 Å². The maximum absolute atomic E-state index is 12.3. The van der Waals surface area contributed by atoms with Crippen molar-refractivity contribution in [1.82, 2.24) is 0 Å². The molecular formula is C15H10O3. The Balaban J connectivity index is 2.18. The number of aromatic hydroxyl groups is 1. The molecule has 0 unspecified atom stereocenters. The molecule has 0 aliphatic carbocycles. The predicted molar refractivity (Wildman–Crippen MR) is 67.8 cm³/mol. The van der Waals surface area contributed by atoms with Crippen LogP contribution in [0.5, 0.6) is 5.95 Å². The molecule has 2 aromatic carbocycles. The fourth-order valence-electron chi connectivity index (χ4n) is 1.99. The molecule has 0 bridgehead atoms. The van der Waals surface area contributed by atoms with Gasteiger partial charge in [0.1, 0.15) is 5.58 Å². The van der Waals surface area contributed by atoms with Crippen LogP contribution in [0.3, 0.4) is 0 Å². The Morgan fingerprint density at radius 3 is 2.56 bits per heavy atom. The Hall–Kier alpha value is -2.55. The third-order valence-corrected chi connectivity index (χ3v) is 2.83. The number of carbonyl (C=O) groups is 1. The van der Waals surface area contributed by atoms with Gasteiger partial charge in [-0.05, 0) is 6.07 Å². The molecule has 1 heterocycles. The Bertz CT molecular complexity index is 711. The van der Waals surface area contributed by atoms with Crippen LogP contribution in [0.2, 0.25) is 0 Å². The van der Waals surface area contributed by atoms with Gasteiger partial charge in [0, 0.05) is 22.6 Å². The number of carbonyl (C=O) groups excluding carboxylic acids is 1. The van der Waals surface area contributed by atoms with E-state index < -0.39 is 0 Å². The number of fused-ring (bicyclic) bond motifs is 1. The first-order valence-corrected chi connectivity index (χ1v) is 5.57. The molecule has 3 aromatic rings. The normalized spacial score (nSPS) is 10.7. The Morgan fingerprint density at radius 2 is 1.78 bits per heavy atom. The van der Waals surface area contributed by atoms with Crippen LogP contribution in [0.25, 0.3) is 11.0 Å². The van der Waals surface area contributed by atoms with Crippen molar-refractivity contribution in [2.45, 2.75) is 0 Å². The van der Waals surface area contributed by atoms with Gasteiger partial charge >= 0.3 is 0 Å². The van der Waals surface area contributed by atoms with E-state index in [0.29, 0.717) is 22.1 Å². The summed E-state index contributed by atoms with van der Waals surface area (Å²) in [6.07, 6.45) is 0. The van der Waals surface area contributed by atoms with Crippen molar-refractivity contribution in [1.29, 1.82) is 0 Å². The number of ketones is 1. The van der Waals surface area contributed by atoms with Gasteiger partial charge in [0.2, 0.25) is 0 Å². The molecule has 0 amide bonds. The molecule has 0 spiro atoms. The van der Waals surface area contributed by atoms with Gasteiger partial charge < -0.3 is 9.52 Å². The molecule has 3 nitrogen and oxygen atoms in total. The second kappa shape index (κ2) is 4.04. The molecule has 0 fully saturated rings. The van der Waals surface area contributed by atoms with Gasteiger partial charge in [-0.25, -0.2) is 0 Å². The zero-order valence-electron chi connectivity index (χ0n) is 9.46. The maximum atomic E-state index is 12.3. The molecule has 0 saturated heterocycles. The molecule has 1 N–H and O–H groups in total. The van der Waals surface area contributed by atoms with E-state index in [1.807, 2.05) is 18.2 Å². The second-order valence-corrected chi connectivity index (χ2v) is 4.00. The molecule has 88 valence electrons. The molecule has 0 atom stereocenters. The molecule has 0 aliphatic heterocycles. The van der Waals surface area contributed by atoms with Gasteiger partial charge in [0.25, 0.3) is 5.95 Å². The first kappa shape index (κ1) is 10.6. The minimum Gasteiger partial charge on any atom is -0.481 e. The van der Waals surface area contributed by atoms with Crippen LogP contribution in [0.1, 0.15) is 15.9 Å². The standard InChI is InChI=1S/C15H10O3/c16-14-9-12-11(7-4-8-13(12)18-14)15(17)10-5-2-1-3-6-10/h1-9,16H. The Morgan fingerprint density at radius 1 is 1.00 bits per heavy atom. The zero-order chi connectivity index (χ0) is 12.5. The number of furan rings is 1. The lowest BCUT2D eigenvalue weighted by Gasteiger charge is -2.01. The Labute approximate surface area is 103 Å².